The Labute approximate surface area is 125 Å². The topological polar surface area (TPSA) is 79.6 Å². The number of aromatic nitrogens is 1. The number of carboxylic acid groups (broad SMARTS) is 1. The van der Waals surface area contributed by atoms with Crippen LogP contribution >= 0.6 is 0 Å². The van der Waals surface area contributed by atoms with Gasteiger partial charge in [0.2, 0.25) is 10.0 Å². The molecule has 1 fully saturated rings. The first-order valence-corrected chi connectivity index (χ1v) is 8.49. The first kappa shape index (κ1) is 16.0. The molecule has 7 heteroatoms. The molecule has 1 aromatic rings. The molecule has 0 aliphatic carbocycles. The van der Waals surface area contributed by atoms with Gasteiger partial charge in [-0.15, -0.1) is 0 Å². The van der Waals surface area contributed by atoms with E-state index < -0.39 is 21.5 Å². The fraction of sp³-hybridized carbons (Fsp3) is 0.643. The van der Waals surface area contributed by atoms with Gasteiger partial charge in [0.15, 0.2) is 0 Å². The largest absolute Gasteiger partial charge is 0.477 e. The van der Waals surface area contributed by atoms with Crippen molar-refractivity contribution in [3.05, 3.63) is 18.0 Å². The fourth-order valence-corrected chi connectivity index (χ4v) is 4.72. The third kappa shape index (κ3) is 2.72. The molecular weight excluding hydrogens is 292 g/mol. The lowest BCUT2D eigenvalue weighted by molar-refractivity contribution is 0.0683. The first-order valence-electron chi connectivity index (χ1n) is 7.05. The van der Waals surface area contributed by atoms with Gasteiger partial charge in [0.25, 0.3) is 0 Å². The molecular formula is C14H22N2O4S. The molecule has 0 atom stereocenters. The number of aromatic carboxylic acids is 1. The molecule has 0 unspecified atom stereocenters. The van der Waals surface area contributed by atoms with Crippen LogP contribution in [0.3, 0.4) is 0 Å². The molecule has 1 saturated heterocycles. The number of carboxylic acids is 1. The lowest BCUT2D eigenvalue weighted by Gasteiger charge is -2.30. The summed E-state index contributed by atoms with van der Waals surface area (Å²) in [7, 11) is -3.67. The zero-order valence-corrected chi connectivity index (χ0v) is 13.6. The van der Waals surface area contributed by atoms with Gasteiger partial charge in [0.1, 0.15) is 10.6 Å². The number of hydrogen-bond acceptors (Lipinski definition) is 3. The molecule has 1 aliphatic rings. The van der Waals surface area contributed by atoms with E-state index in [9.17, 15) is 18.3 Å². The SMILES string of the molecule is CC(C)n1cc(S(=O)(=O)N2CCCC2(C)C)cc1C(=O)O. The Morgan fingerprint density at radius 1 is 1.38 bits per heavy atom. The minimum Gasteiger partial charge on any atom is -0.477 e. The third-order valence-electron chi connectivity index (χ3n) is 4.01. The summed E-state index contributed by atoms with van der Waals surface area (Å²) in [6, 6.07) is 1.14. The number of sulfonamides is 1. The summed E-state index contributed by atoms with van der Waals surface area (Å²) >= 11 is 0. The maximum Gasteiger partial charge on any atom is 0.352 e. The average molecular weight is 314 g/mol. The second-order valence-electron chi connectivity index (χ2n) is 6.36. The summed E-state index contributed by atoms with van der Waals surface area (Å²) in [6.07, 6.45) is 3.06. The van der Waals surface area contributed by atoms with E-state index in [0.29, 0.717) is 6.54 Å². The first-order chi connectivity index (χ1) is 9.57. The summed E-state index contributed by atoms with van der Waals surface area (Å²) in [5.41, 5.74) is -0.428. The van der Waals surface area contributed by atoms with E-state index in [1.165, 1.54) is 21.1 Å². The van der Waals surface area contributed by atoms with Crippen LogP contribution in [0.1, 0.15) is 57.1 Å². The van der Waals surface area contributed by atoms with Crippen molar-refractivity contribution in [2.24, 2.45) is 0 Å². The monoisotopic (exact) mass is 314 g/mol. The normalized spacial score (nSPS) is 19.3. The van der Waals surface area contributed by atoms with Gasteiger partial charge < -0.3 is 9.67 Å². The van der Waals surface area contributed by atoms with Crippen molar-refractivity contribution in [2.75, 3.05) is 6.54 Å². The molecule has 1 N–H and O–H groups in total. The smallest absolute Gasteiger partial charge is 0.352 e. The highest BCUT2D eigenvalue weighted by Gasteiger charge is 2.41. The molecule has 0 saturated carbocycles. The predicted octanol–water partition coefficient (Wildman–Crippen LogP) is 2.33. The lowest BCUT2D eigenvalue weighted by atomic mass is 10.0. The van der Waals surface area contributed by atoms with Gasteiger partial charge in [-0.3, -0.25) is 0 Å². The van der Waals surface area contributed by atoms with Crippen LogP contribution in [-0.2, 0) is 10.0 Å². The number of nitrogens with zero attached hydrogens (tertiary/aromatic N) is 2. The van der Waals surface area contributed by atoms with E-state index in [4.69, 9.17) is 0 Å². The molecule has 1 aromatic heterocycles. The van der Waals surface area contributed by atoms with Crippen LogP contribution in [0.2, 0.25) is 0 Å². The Kier molecular flexibility index (Phi) is 3.92. The van der Waals surface area contributed by atoms with Gasteiger partial charge >= 0.3 is 5.97 Å². The van der Waals surface area contributed by atoms with Gasteiger partial charge in [0.05, 0.1) is 0 Å². The van der Waals surface area contributed by atoms with E-state index in [-0.39, 0.29) is 16.6 Å². The summed E-state index contributed by atoms with van der Waals surface area (Å²) in [5, 5.41) is 9.23. The lowest BCUT2D eigenvalue weighted by Crippen LogP contribution is -2.42. The summed E-state index contributed by atoms with van der Waals surface area (Å²) in [5.74, 6) is -1.12. The van der Waals surface area contributed by atoms with Crippen molar-refractivity contribution in [1.29, 1.82) is 0 Å². The van der Waals surface area contributed by atoms with Crippen molar-refractivity contribution in [3.63, 3.8) is 0 Å². The number of rotatable bonds is 4. The summed E-state index contributed by atoms with van der Waals surface area (Å²) < 4.78 is 28.5. The molecule has 1 aliphatic heterocycles. The summed E-state index contributed by atoms with van der Waals surface area (Å²) in [4.78, 5) is 11.3. The van der Waals surface area contributed by atoms with Crippen molar-refractivity contribution in [1.82, 2.24) is 8.87 Å². The molecule has 21 heavy (non-hydrogen) atoms. The third-order valence-corrected chi connectivity index (χ3v) is 6.09. The highest BCUT2D eigenvalue weighted by Crippen LogP contribution is 2.34. The molecule has 2 heterocycles. The quantitative estimate of drug-likeness (QED) is 0.925. The van der Waals surface area contributed by atoms with Gasteiger partial charge in [-0.25, -0.2) is 13.2 Å². The fourth-order valence-electron chi connectivity index (χ4n) is 2.85. The Balaban J connectivity index is 2.51. The van der Waals surface area contributed by atoms with Gasteiger partial charge in [-0.2, -0.15) is 4.31 Å². The van der Waals surface area contributed by atoms with E-state index in [1.54, 1.807) is 0 Å². The molecule has 0 amide bonds. The second kappa shape index (κ2) is 5.14. The maximum atomic E-state index is 12.8. The van der Waals surface area contributed by atoms with E-state index in [2.05, 4.69) is 0 Å². The minimum atomic E-state index is -3.67. The standard InChI is InChI=1S/C14H22N2O4S/c1-10(2)15-9-11(8-12(15)13(17)18)21(19,20)16-7-5-6-14(16,3)4/h8-10H,5-7H2,1-4H3,(H,17,18). The van der Waals surface area contributed by atoms with Crippen LogP contribution in [0, 0.1) is 0 Å². The van der Waals surface area contributed by atoms with E-state index in [1.807, 2.05) is 27.7 Å². The van der Waals surface area contributed by atoms with Gasteiger partial charge in [-0.05, 0) is 46.6 Å². The highest BCUT2D eigenvalue weighted by atomic mass is 32.2. The highest BCUT2D eigenvalue weighted by molar-refractivity contribution is 7.89. The van der Waals surface area contributed by atoms with Crippen LogP contribution in [-0.4, -0.2) is 40.4 Å². The Morgan fingerprint density at radius 3 is 2.38 bits per heavy atom. The van der Waals surface area contributed by atoms with Crippen molar-refractivity contribution in [3.8, 4) is 0 Å². The van der Waals surface area contributed by atoms with Gasteiger partial charge in [0, 0.05) is 24.3 Å². The van der Waals surface area contributed by atoms with Crippen LogP contribution in [0.15, 0.2) is 17.2 Å². The van der Waals surface area contributed by atoms with Crippen molar-refractivity contribution >= 4 is 16.0 Å². The molecule has 2 rings (SSSR count). The molecule has 0 radical (unpaired) electrons. The zero-order valence-electron chi connectivity index (χ0n) is 12.8. The zero-order chi connectivity index (χ0) is 16.0. The molecule has 0 aromatic carbocycles. The maximum absolute atomic E-state index is 12.8. The molecule has 6 nitrogen and oxygen atoms in total. The van der Waals surface area contributed by atoms with E-state index >= 15 is 0 Å². The molecule has 118 valence electrons. The average Bonchev–Trinajstić information content (AvgIpc) is 2.92. The Hall–Kier alpha value is -1.34. The Morgan fingerprint density at radius 2 is 2.00 bits per heavy atom. The number of carbonyl (C=O) groups is 1. The van der Waals surface area contributed by atoms with Crippen molar-refractivity contribution in [2.45, 2.75) is 57.0 Å². The van der Waals surface area contributed by atoms with E-state index in [0.717, 1.165) is 12.8 Å². The van der Waals surface area contributed by atoms with Crippen molar-refractivity contribution < 1.29 is 18.3 Å². The van der Waals surface area contributed by atoms with Crippen LogP contribution in [0.4, 0.5) is 0 Å². The van der Waals surface area contributed by atoms with Crippen LogP contribution in [0.25, 0.3) is 0 Å². The van der Waals surface area contributed by atoms with Crippen LogP contribution < -0.4 is 0 Å². The minimum absolute atomic E-state index is 0.000535. The molecule has 0 bridgehead atoms. The van der Waals surface area contributed by atoms with Crippen LogP contribution in [0.5, 0.6) is 0 Å². The predicted molar refractivity (Wildman–Crippen MR) is 79.0 cm³/mol. The molecule has 0 spiro atoms. The Bertz CT molecular complexity index is 659. The van der Waals surface area contributed by atoms with Gasteiger partial charge in [-0.1, -0.05) is 0 Å². The number of hydrogen-bond donors (Lipinski definition) is 1. The summed E-state index contributed by atoms with van der Waals surface area (Å²) in [6.45, 7) is 7.92. The second-order valence-corrected chi connectivity index (χ2v) is 8.22.